The molecule has 2 fully saturated rings. The van der Waals surface area contributed by atoms with Gasteiger partial charge in [0.05, 0.1) is 0 Å². The second kappa shape index (κ2) is 4.55. The van der Waals surface area contributed by atoms with Crippen molar-refractivity contribution in [1.82, 2.24) is 0 Å². The third-order valence-corrected chi connectivity index (χ3v) is 5.33. The number of hydrogen-bond acceptors (Lipinski definition) is 3. The predicted molar refractivity (Wildman–Crippen MR) is 78.2 cm³/mol. The Morgan fingerprint density at radius 1 is 1.19 bits per heavy atom. The molecule has 108 valence electrons. The van der Waals surface area contributed by atoms with Gasteiger partial charge in [0.15, 0.2) is 0 Å². The average molecular weight is 282 g/mol. The number of carbonyl (C=O) groups excluding carboxylic acids is 2. The summed E-state index contributed by atoms with van der Waals surface area (Å²) in [5.41, 5.74) is 2.34. The topological polar surface area (TPSA) is 43.4 Å². The van der Waals surface area contributed by atoms with Gasteiger partial charge in [0, 0.05) is 31.1 Å². The normalized spacial score (nSPS) is 36.5. The third-order valence-electron chi connectivity index (χ3n) is 5.33. The molecular formula is C18H18O3. The van der Waals surface area contributed by atoms with Crippen molar-refractivity contribution in [3.05, 3.63) is 42.0 Å². The minimum Gasteiger partial charge on any atom is -0.462 e. The summed E-state index contributed by atoms with van der Waals surface area (Å²) in [6.45, 7) is 1.46. The van der Waals surface area contributed by atoms with E-state index in [0.29, 0.717) is 18.1 Å². The van der Waals surface area contributed by atoms with Gasteiger partial charge in [-0.15, -0.1) is 0 Å². The number of hydrogen-bond donors (Lipinski definition) is 0. The standard InChI is InChI=1S/C18H18O3/c1-10(19)21-18-15-8-13-14(17(20)9-16(13)18)7-12(15)11-5-3-2-4-6-11/h2-7,13-16,18H,8-9H2,1H3/t13-,14+,15+,16+,18+/m1/s1. The Morgan fingerprint density at radius 2 is 1.95 bits per heavy atom. The highest BCUT2D eigenvalue weighted by molar-refractivity contribution is 5.90. The first-order valence-electron chi connectivity index (χ1n) is 7.62. The summed E-state index contributed by atoms with van der Waals surface area (Å²) in [4.78, 5) is 23.7. The van der Waals surface area contributed by atoms with E-state index in [9.17, 15) is 9.59 Å². The molecule has 1 aromatic rings. The minimum absolute atomic E-state index is 0.0296. The molecular weight excluding hydrogens is 264 g/mol. The van der Waals surface area contributed by atoms with E-state index < -0.39 is 0 Å². The van der Waals surface area contributed by atoms with Gasteiger partial charge in [0.25, 0.3) is 0 Å². The highest BCUT2D eigenvalue weighted by Gasteiger charge is 2.57. The maximum absolute atomic E-state index is 12.3. The average Bonchev–Trinajstić information content (AvgIpc) is 2.93. The molecule has 1 aromatic carbocycles. The number of fused-ring (bicyclic) bond motifs is 1. The van der Waals surface area contributed by atoms with Gasteiger partial charge >= 0.3 is 5.97 Å². The van der Waals surface area contributed by atoms with Crippen LogP contribution in [0.5, 0.6) is 0 Å². The van der Waals surface area contributed by atoms with E-state index >= 15 is 0 Å². The van der Waals surface area contributed by atoms with Gasteiger partial charge in [-0.1, -0.05) is 36.4 Å². The fourth-order valence-electron chi connectivity index (χ4n) is 4.57. The first kappa shape index (κ1) is 12.8. The van der Waals surface area contributed by atoms with Crippen LogP contribution >= 0.6 is 0 Å². The van der Waals surface area contributed by atoms with Crippen LogP contribution in [-0.2, 0) is 14.3 Å². The lowest BCUT2D eigenvalue weighted by atomic mass is 9.78. The number of rotatable bonds is 2. The Balaban J connectivity index is 1.78. The number of ether oxygens (including phenoxy) is 1. The van der Waals surface area contributed by atoms with Gasteiger partial charge < -0.3 is 4.74 Å². The van der Waals surface area contributed by atoms with Crippen LogP contribution < -0.4 is 0 Å². The van der Waals surface area contributed by atoms with Crippen molar-refractivity contribution in [2.45, 2.75) is 25.9 Å². The molecule has 3 aliphatic rings. The molecule has 0 spiro atoms. The molecule has 0 amide bonds. The lowest BCUT2D eigenvalue weighted by Crippen LogP contribution is -2.29. The zero-order valence-electron chi connectivity index (χ0n) is 12.0. The fourth-order valence-corrected chi connectivity index (χ4v) is 4.57. The van der Waals surface area contributed by atoms with E-state index in [-0.39, 0.29) is 29.8 Å². The first-order valence-corrected chi connectivity index (χ1v) is 7.62. The van der Waals surface area contributed by atoms with E-state index in [2.05, 4.69) is 18.2 Å². The summed E-state index contributed by atoms with van der Waals surface area (Å²) in [6, 6.07) is 10.2. The van der Waals surface area contributed by atoms with Crippen molar-refractivity contribution in [3.8, 4) is 0 Å². The Kier molecular flexibility index (Phi) is 2.78. The number of benzene rings is 1. The highest BCUT2D eigenvalue weighted by Crippen LogP contribution is 2.57. The van der Waals surface area contributed by atoms with Crippen molar-refractivity contribution < 1.29 is 14.3 Å². The van der Waals surface area contributed by atoms with Crippen molar-refractivity contribution in [3.63, 3.8) is 0 Å². The van der Waals surface area contributed by atoms with Gasteiger partial charge in [-0.3, -0.25) is 9.59 Å². The molecule has 5 atom stereocenters. The van der Waals surface area contributed by atoms with Crippen molar-refractivity contribution >= 4 is 17.3 Å². The summed E-state index contributed by atoms with van der Waals surface area (Å²) >= 11 is 0. The number of Topliss-reactive ketones (excluding diaryl/α,β-unsaturated/α-hetero) is 1. The van der Waals surface area contributed by atoms with Crippen LogP contribution in [0.2, 0.25) is 0 Å². The largest absolute Gasteiger partial charge is 0.462 e. The number of esters is 1. The van der Waals surface area contributed by atoms with E-state index in [4.69, 9.17) is 4.74 Å². The van der Waals surface area contributed by atoms with Crippen molar-refractivity contribution in [2.24, 2.45) is 23.7 Å². The second-order valence-electron chi connectivity index (χ2n) is 6.43. The van der Waals surface area contributed by atoms with E-state index in [1.807, 2.05) is 18.2 Å². The molecule has 3 nitrogen and oxygen atoms in total. The first-order chi connectivity index (χ1) is 10.1. The lowest BCUT2D eigenvalue weighted by molar-refractivity contribution is -0.149. The van der Waals surface area contributed by atoms with Crippen LogP contribution in [0, 0.1) is 23.7 Å². The van der Waals surface area contributed by atoms with E-state index in [1.54, 1.807) is 0 Å². The molecule has 0 aromatic heterocycles. The van der Waals surface area contributed by atoms with Crippen LogP contribution in [0.4, 0.5) is 0 Å². The molecule has 0 unspecified atom stereocenters. The Morgan fingerprint density at radius 3 is 2.67 bits per heavy atom. The highest BCUT2D eigenvalue weighted by atomic mass is 16.5. The Bertz CT molecular complexity index is 631. The van der Waals surface area contributed by atoms with Gasteiger partial charge in [-0.05, 0) is 23.5 Å². The Labute approximate surface area is 124 Å². The molecule has 2 bridgehead atoms. The third kappa shape index (κ3) is 1.87. The van der Waals surface area contributed by atoms with E-state index in [1.165, 1.54) is 12.5 Å². The number of ketones is 1. The lowest BCUT2D eigenvalue weighted by Gasteiger charge is -2.28. The molecule has 0 saturated heterocycles. The van der Waals surface area contributed by atoms with Gasteiger partial charge in [-0.2, -0.15) is 0 Å². The molecule has 3 heteroatoms. The molecule has 0 heterocycles. The monoisotopic (exact) mass is 282 g/mol. The molecule has 3 aliphatic carbocycles. The number of carbonyl (C=O) groups is 2. The van der Waals surface area contributed by atoms with Crippen LogP contribution in [0.3, 0.4) is 0 Å². The molecule has 21 heavy (non-hydrogen) atoms. The smallest absolute Gasteiger partial charge is 0.302 e. The summed E-state index contributed by atoms with van der Waals surface area (Å²) in [5.74, 6) is 0.940. The maximum atomic E-state index is 12.3. The summed E-state index contributed by atoms with van der Waals surface area (Å²) in [5, 5.41) is 0. The predicted octanol–water partition coefficient (Wildman–Crippen LogP) is 2.86. The zero-order chi connectivity index (χ0) is 14.6. The molecule has 4 rings (SSSR count). The molecule has 2 saturated carbocycles. The zero-order valence-corrected chi connectivity index (χ0v) is 12.0. The van der Waals surface area contributed by atoms with Gasteiger partial charge in [0.1, 0.15) is 11.9 Å². The SMILES string of the molecule is CC(=O)O[C@@H]1[C@H]2CC(=O)[C@H]3C=C(c4ccccc4)[C@@H]1C[C@@H]23. The van der Waals surface area contributed by atoms with Crippen LogP contribution in [0.1, 0.15) is 25.3 Å². The second-order valence-corrected chi connectivity index (χ2v) is 6.43. The van der Waals surface area contributed by atoms with Crippen molar-refractivity contribution in [1.29, 1.82) is 0 Å². The summed E-state index contributed by atoms with van der Waals surface area (Å²) < 4.78 is 5.62. The van der Waals surface area contributed by atoms with Crippen LogP contribution in [-0.4, -0.2) is 17.9 Å². The minimum atomic E-state index is -0.240. The quantitative estimate of drug-likeness (QED) is 0.783. The van der Waals surface area contributed by atoms with Crippen LogP contribution in [0.15, 0.2) is 36.4 Å². The van der Waals surface area contributed by atoms with Crippen LogP contribution in [0.25, 0.3) is 5.57 Å². The maximum Gasteiger partial charge on any atom is 0.302 e. The van der Waals surface area contributed by atoms with Crippen molar-refractivity contribution in [2.75, 3.05) is 0 Å². The van der Waals surface area contributed by atoms with Gasteiger partial charge in [-0.25, -0.2) is 0 Å². The number of allylic oxidation sites excluding steroid dienone is 1. The van der Waals surface area contributed by atoms with E-state index in [0.717, 1.165) is 12.0 Å². The Hall–Kier alpha value is -1.90. The summed E-state index contributed by atoms with van der Waals surface area (Å²) in [7, 11) is 0. The molecule has 0 radical (unpaired) electrons. The summed E-state index contributed by atoms with van der Waals surface area (Å²) in [6.07, 6.45) is 3.57. The molecule has 0 N–H and O–H groups in total. The fraction of sp³-hybridized carbons (Fsp3) is 0.444. The molecule has 0 aliphatic heterocycles. The van der Waals surface area contributed by atoms with Gasteiger partial charge in [0.2, 0.25) is 0 Å².